The van der Waals surface area contributed by atoms with Crippen molar-refractivity contribution in [2.45, 2.75) is 116 Å². The molecule has 1 N–H and O–H groups in total. The minimum atomic E-state index is -0.275. The summed E-state index contributed by atoms with van der Waals surface area (Å²) in [5, 5.41) is 10.1. The quantitative estimate of drug-likeness (QED) is 0.283. The Morgan fingerprint density at radius 1 is 0.600 bits per heavy atom. The third-order valence-corrected chi connectivity index (χ3v) is 5.27. The molecule has 0 aliphatic carbocycles. The second-order valence-electron chi connectivity index (χ2n) is 7.66. The SMILES string of the molecule is CCCCCCCCCCCCCCCCC[C@H](O)c1ccccc1. The summed E-state index contributed by atoms with van der Waals surface area (Å²) in [6, 6.07) is 10.1. The van der Waals surface area contributed by atoms with Gasteiger partial charge in [-0.1, -0.05) is 134 Å². The predicted molar refractivity (Wildman–Crippen MR) is 111 cm³/mol. The second kappa shape index (κ2) is 16.6. The van der Waals surface area contributed by atoms with E-state index >= 15 is 0 Å². The fraction of sp³-hybridized carbons (Fsp3) is 0.750. The van der Waals surface area contributed by atoms with Gasteiger partial charge in [-0.3, -0.25) is 0 Å². The molecule has 1 atom stereocenters. The van der Waals surface area contributed by atoms with Crippen LogP contribution in [0.25, 0.3) is 0 Å². The molecule has 1 rings (SSSR count). The van der Waals surface area contributed by atoms with Crippen LogP contribution < -0.4 is 0 Å². The van der Waals surface area contributed by atoms with E-state index in [1.165, 1.54) is 89.9 Å². The Morgan fingerprint density at radius 2 is 1.00 bits per heavy atom. The Balaban J connectivity index is 1.77. The summed E-state index contributed by atoms with van der Waals surface area (Å²) >= 11 is 0. The normalized spacial score (nSPS) is 12.4. The molecule has 1 aromatic carbocycles. The van der Waals surface area contributed by atoms with Crippen LogP contribution in [0.3, 0.4) is 0 Å². The van der Waals surface area contributed by atoms with Gasteiger partial charge >= 0.3 is 0 Å². The van der Waals surface area contributed by atoms with E-state index in [0.29, 0.717) is 0 Å². The van der Waals surface area contributed by atoms with Crippen molar-refractivity contribution in [2.24, 2.45) is 0 Å². The van der Waals surface area contributed by atoms with E-state index in [1.807, 2.05) is 30.3 Å². The average Bonchev–Trinajstić information content (AvgIpc) is 2.65. The van der Waals surface area contributed by atoms with E-state index in [0.717, 1.165) is 18.4 Å². The number of hydrogen-bond donors (Lipinski definition) is 1. The van der Waals surface area contributed by atoms with Crippen molar-refractivity contribution in [3.05, 3.63) is 35.9 Å². The highest BCUT2D eigenvalue weighted by atomic mass is 16.3. The zero-order valence-electron chi connectivity index (χ0n) is 16.7. The zero-order chi connectivity index (χ0) is 18.0. The van der Waals surface area contributed by atoms with Crippen LogP contribution in [0.2, 0.25) is 0 Å². The Hall–Kier alpha value is -0.820. The van der Waals surface area contributed by atoms with E-state index in [2.05, 4.69) is 6.92 Å². The maximum Gasteiger partial charge on any atom is 0.0790 e. The average molecular weight is 347 g/mol. The maximum atomic E-state index is 10.1. The Kier molecular flexibility index (Phi) is 14.8. The van der Waals surface area contributed by atoms with Gasteiger partial charge in [-0.25, -0.2) is 0 Å². The monoisotopic (exact) mass is 346 g/mol. The Bertz CT molecular complexity index is 373. The molecule has 0 spiro atoms. The first-order valence-electron chi connectivity index (χ1n) is 11.1. The molecule has 0 amide bonds. The van der Waals surface area contributed by atoms with E-state index in [1.54, 1.807) is 0 Å². The Morgan fingerprint density at radius 3 is 1.44 bits per heavy atom. The Labute approximate surface area is 157 Å². The first-order valence-corrected chi connectivity index (χ1v) is 11.1. The lowest BCUT2D eigenvalue weighted by Crippen LogP contribution is -1.96. The van der Waals surface area contributed by atoms with Crippen molar-refractivity contribution in [1.82, 2.24) is 0 Å². The van der Waals surface area contributed by atoms with Crippen molar-refractivity contribution in [3.63, 3.8) is 0 Å². The molecule has 1 nitrogen and oxygen atoms in total. The first-order chi connectivity index (χ1) is 12.3. The molecule has 0 aliphatic rings. The van der Waals surface area contributed by atoms with Crippen molar-refractivity contribution in [1.29, 1.82) is 0 Å². The van der Waals surface area contributed by atoms with Crippen molar-refractivity contribution >= 4 is 0 Å². The second-order valence-corrected chi connectivity index (χ2v) is 7.66. The number of rotatable bonds is 17. The van der Waals surface area contributed by atoms with Crippen molar-refractivity contribution < 1.29 is 5.11 Å². The summed E-state index contributed by atoms with van der Waals surface area (Å²) in [5.74, 6) is 0. The summed E-state index contributed by atoms with van der Waals surface area (Å²) in [5.41, 5.74) is 1.06. The first kappa shape index (κ1) is 22.2. The highest BCUT2D eigenvalue weighted by Crippen LogP contribution is 2.20. The molecule has 0 saturated carbocycles. The maximum absolute atomic E-state index is 10.1. The van der Waals surface area contributed by atoms with Gasteiger partial charge < -0.3 is 5.11 Å². The van der Waals surface area contributed by atoms with Gasteiger partial charge in [0, 0.05) is 0 Å². The van der Waals surface area contributed by atoms with Gasteiger partial charge in [-0.15, -0.1) is 0 Å². The molecule has 0 saturated heterocycles. The summed E-state index contributed by atoms with van der Waals surface area (Å²) in [6.07, 6.45) is 21.5. The van der Waals surface area contributed by atoms with E-state index < -0.39 is 0 Å². The van der Waals surface area contributed by atoms with Crippen LogP contribution in [-0.2, 0) is 0 Å². The molecule has 0 heterocycles. The van der Waals surface area contributed by atoms with Crippen LogP contribution in [0, 0.1) is 0 Å². The number of aliphatic hydroxyl groups excluding tert-OH is 1. The summed E-state index contributed by atoms with van der Waals surface area (Å²) in [4.78, 5) is 0. The number of unbranched alkanes of at least 4 members (excludes halogenated alkanes) is 14. The molecular weight excluding hydrogens is 304 g/mol. The lowest BCUT2D eigenvalue weighted by Gasteiger charge is -2.10. The molecule has 1 heteroatoms. The molecular formula is C24H42O. The fourth-order valence-corrected chi connectivity index (χ4v) is 3.55. The molecule has 144 valence electrons. The molecule has 0 radical (unpaired) electrons. The summed E-state index contributed by atoms with van der Waals surface area (Å²) in [6.45, 7) is 2.29. The minimum Gasteiger partial charge on any atom is -0.388 e. The van der Waals surface area contributed by atoms with E-state index in [-0.39, 0.29) is 6.10 Å². The van der Waals surface area contributed by atoms with Gasteiger partial charge in [0.1, 0.15) is 0 Å². The van der Waals surface area contributed by atoms with Crippen LogP contribution in [0.4, 0.5) is 0 Å². The van der Waals surface area contributed by atoms with Gasteiger partial charge in [0.25, 0.3) is 0 Å². The lowest BCUT2D eigenvalue weighted by atomic mass is 10.0. The number of hydrogen-bond acceptors (Lipinski definition) is 1. The van der Waals surface area contributed by atoms with Crippen LogP contribution in [0.1, 0.15) is 121 Å². The topological polar surface area (TPSA) is 20.2 Å². The molecule has 0 unspecified atom stereocenters. The van der Waals surface area contributed by atoms with Crippen molar-refractivity contribution in [3.8, 4) is 0 Å². The highest BCUT2D eigenvalue weighted by molar-refractivity contribution is 5.16. The van der Waals surface area contributed by atoms with Crippen LogP contribution in [-0.4, -0.2) is 5.11 Å². The fourth-order valence-electron chi connectivity index (χ4n) is 3.55. The third kappa shape index (κ3) is 13.1. The minimum absolute atomic E-state index is 0.275. The van der Waals surface area contributed by atoms with Gasteiger partial charge in [0.2, 0.25) is 0 Å². The molecule has 25 heavy (non-hydrogen) atoms. The van der Waals surface area contributed by atoms with Crippen LogP contribution in [0.5, 0.6) is 0 Å². The summed E-state index contributed by atoms with van der Waals surface area (Å²) in [7, 11) is 0. The van der Waals surface area contributed by atoms with E-state index in [4.69, 9.17) is 0 Å². The van der Waals surface area contributed by atoms with Gasteiger partial charge in [0.15, 0.2) is 0 Å². The zero-order valence-corrected chi connectivity index (χ0v) is 16.7. The molecule has 1 aromatic rings. The van der Waals surface area contributed by atoms with Gasteiger partial charge in [0.05, 0.1) is 6.10 Å². The molecule has 0 fully saturated rings. The van der Waals surface area contributed by atoms with Gasteiger partial charge in [-0.05, 0) is 12.0 Å². The lowest BCUT2D eigenvalue weighted by molar-refractivity contribution is 0.163. The predicted octanol–water partition coefficient (Wildman–Crippen LogP) is 7.98. The van der Waals surface area contributed by atoms with Gasteiger partial charge in [-0.2, -0.15) is 0 Å². The van der Waals surface area contributed by atoms with Crippen LogP contribution >= 0.6 is 0 Å². The van der Waals surface area contributed by atoms with E-state index in [9.17, 15) is 5.11 Å². The molecule has 0 bridgehead atoms. The largest absolute Gasteiger partial charge is 0.388 e. The number of aliphatic hydroxyl groups is 1. The standard InChI is InChI=1S/C24H42O/c1-2-3-4-5-6-7-8-9-10-11-12-13-14-15-19-22-24(25)23-20-17-16-18-21-23/h16-18,20-21,24-25H,2-15,19,22H2,1H3/t24-/m0/s1. The number of benzene rings is 1. The molecule has 0 aliphatic heterocycles. The summed E-state index contributed by atoms with van der Waals surface area (Å²) < 4.78 is 0. The highest BCUT2D eigenvalue weighted by Gasteiger charge is 2.05. The van der Waals surface area contributed by atoms with Crippen molar-refractivity contribution in [2.75, 3.05) is 0 Å². The van der Waals surface area contributed by atoms with Crippen LogP contribution in [0.15, 0.2) is 30.3 Å². The smallest absolute Gasteiger partial charge is 0.0790 e. The molecule has 0 aromatic heterocycles. The third-order valence-electron chi connectivity index (χ3n) is 5.27.